The van der Waals surface area contributed by atoms with Gasteiger partial charge >= 0.3 is 31.6 Å². The second-order valence-corrected chi connectivity index (χ2v) is 8.29. The predicted octanol–water partition coefficient (Wildman–Crippen LogP) is 2.37. The van der Waals surface area contributed by atoms with Crippen molar-refractivity contribution in [2.24, 2.45) is 0 Å². The quantitative estimate of drug-likeness (QED) is 0.191. The van der Waals surface area contributed by atoms with E-state index in [1.165, 1.54) is 19.4 Å². The molecular formula is C9H23F4NO12P4. The number of rotatable bonds is 3. The lowest BCUT2D eigenvalue weighted by atomic mass is 10.3. The zero-order chi connectivity index (χ0) is 25.2. The summed E-state index contributed by atoms with van der Waals surface area (Å²) in [7, 11) is -20.6. The first-order valence-corrected chi connectivity index (χ1v) is 13.0. The van der Waals surface area contributed by atoms with E-state index in [1.807, 2.05) is 0 Å². The Morgan fingerprint density at radius 1 is 0.733 bits per heavy atom. The van der Waals surface area contributed by atoms with Crippen LogP contribution in [0.2, 0.25) is 0 Å². The molecule has 0 fully saturated rings. The first kappa shape index (κ1) is 36.9. The van der Waals surface area contributed by atoms with E-state index in [0.717, 1.165) is 6.54 Å². The minimum absolute atomic E-state index is 1.09. The molecule has 0 aromatic heterocycles. The zero-order valence-corrected chi connectivity index (χ0v) is 18.7. The summed E-state index contributed by atoms with van der Waals surface area (Å²) in [6.45, 7) is 4.53. The lowest BCUT2D eigenvalue weighted by molar-refractivity contribution is 0.320. The Labute approximate surface area is 168 Å². The molecule has 0 aromatic rings. The second kappa shape index (κ2) is 18.2. The molecule has 0 amide bonds. The maximum absolute atomic E-state index is 10.4. The molecule has 0 aliphatic carbocycles. The third kappa shape index (κ3) is 145. The number of nitrogens with zero attached hydrogens (tertiary/aromatic N) is 1. The number of allylic oxidation sites excluding steroid dienone is 2. The summed E-state index contributed by atoms with van der Waals surface area (Å²) < 4.78 is 76.1. The van der Waals surface area contributed by atoms with Gasteiger partial charge in [-0.25, -0.2) is 18.3 Å². The van der Waals surface area contributed by atoms with Gasteiger partial charge in [-0.2, -0.15) is 0 Å². The molecule has 13 nitrogen and oxygen atoms in total. The maximum Gasteiger partial charge on any atom is 0.507 e. The fourth-order valence-corrected chi connectivity index (χ4v) is 1.03. The predicted molar refractivity (Wildman–Crippen MR) is 97.4 cm³/mol. The summed E-state index contributed by atoms with van der Waals surface area (Å²) in [6, 6.07) is 0. The number of halogens is 4. The van der Waals surface area contributed by atoms with Crippen molar-refractivity contribution in [3.8, 4) is 0 Å². The highest BCUT2D eigenvalue weighted by Gasteiger charge is 2.06. The van der Waals surface area contributed by atoms with Crippen molar-refractivity contribution in [2.45, 2.75) is 19.8 Å². The third-order valence-corrected chi connectivity index (χ3v) is 1.68. The van der Waals surface area contributed by atoms with Gasteiger partial charge < -0.3 is 4.90 Å². The molecule has 0 spiro atoms. The van der Waals surface area contributed by atoms with Gasteiger partial charge in [0.05, 0.1) is 0 Å². The molecule has 0 aromatic carbocycles. The van der Waals surface area contributed by atoms with Gasteiger partial charge in [-0.15, -0.1) is 16.8 Å². The van der Waals surface area contributed by atoms with E-state index in [9.17, 15) is 16.8 Å². The Hall–Kier alpha value is -0.400. The van der Waals surface area contributed by atoms with E-state index in [0.29, 0.717) is 0 Å². The van der Waals surface area contributed by atoms with Gasteiger partial charge in [0.1, 0.15) is 0 Å². The summed E-state index contributed by atoms with van der Waals surface area (Å²) in [6.07, 6.45) is 11.1. The monoisotopic (exact) mass is 537 g/mol. The summed E-state index contributed by atoms with van der Waals surface area (Å²) in [4.78, 5) is 58.1. The molecule has 1 heterocycles. The van der Waals surface area contributed by atoms with Crippen LogP contribution in [0.25, 0.3) is 0 Å². The van der Waals surface area contributed by atoms with Crippen LogP contribution >= 0.6 is 31.6 Å². The van der Waals surface area contributed by atoms with E-state index < -0.39 is 31.6 Å². The molecule has 0 atom stereocenters. The first-order valence-electron chi connectivity index (χ1n) is 7.01. The van der Waals surface area contributed by atoms with Crippen molar-refractivity contribution < 1.29 is 74.2 Å². The van der Waals surface area contributed by atoms with Gasteiger partial charge in [0.25, 0.3) is 0 Å². The molecular weight excluding hydrogens is 514 g/mol. The van der Waals surface area contributed by atoms with E-state index in [-0.39, 0.29) is 0 Å². The Bertz CT molecular complexity index is 556. The van der Waals surface area contributed by atoms with Gasteiger partial charge in [-0.05, 0) is 18.7 Å². The van der Waals surface area contributed by atoms with E-state index in [1.54, 1.807) is 0 Å². The van der Waals surface area contributed by atoms with Crippen LogP contribution in [-0.4, -0.2) is 57.1 Å². The number of unbranched alkanes of at least 4 members (excludes halogenated alkanes) is 1. The molecule has 21 heteroatoms. The molecule has 184 valence electrons. The lowest BCUT2D eigenvalue weighted by Gasteiger charge is -2.19. The highest BCUT2D eigenvalue weighted by Crippen LogP contribution is 2.36. The van der Waals surface area contributed by atoms with E-state index in [4.69, 9.17) is 57.4 Å². The number of hydrogen-bond donors (Lipinski definition) is 8. The van der Waals surface area contributed by atoms with Crippen LogP contribution in [0.1, 0.15) is 19.8 Å². The minimum atomic E-state index is -5.14. The summed E-state index contributed by atoms with van der Waals surface area (Å²) in [5.41, 5.74) is 0. The molecule has 0 bridgehead atoms. The fraction of sp³-hybridized carbons (Fsp3) is 0.556. The van der Waals surface area contributed by atoms with Gasteiger partial charge in [0.15, 0.2) is 0 Å². The van der Waals surface area contributed by atoms with Crippen LogP contribution in [-0.2, 0) is 18.3 Å². The van der Waals surface area contributed by atoms with Crippen LogP contribution in [0.15, 0.2) is 24.4 Å². The van der Waals surface area contributed by atoms with Crippen molar-refractivity contribution >= 4 is 31.6 Å². The fourth-order valence-electron chi connectivity index (χ4n) is 1.03. The van der Waals surface area contributed by atoms with Crippen molar-refractivity contribution in [3.63, 3.8) is 0 Å². The molecule has 0 unspecified atom stereocenters. The number of hydrogen-bond acceptors (Lipinski definition) is 5. The standard InChI is InChI=1S/C9H15N.4FH2O3P/c1-2-3-7-10-8-5-4-6-9-10;4*1-5(2,3)4/h4-6,8H,2-3,7,9H2,1H3;4*(H2,2,3,4). The second-order valence-electron chi connectivity index (χ2n) is 4.51. The molecule has 0 radical (unpaired) electrons. The summed E-state index contributed by atoms with van der Waals surface area (Å²) >= 11 is 0. The molecule has 1 aliphatic rings. The Morgan fingerprint density at radius 2 is 1.03 bits per heavy atom. The Kier molecular flexibility index (Phi) is 22.4. The topological polar surface area (TPSA) is 233 Å². The van der Waals surface area contributed by atoms with E-state index >= 15 is 0 Å². The Morgan fingerprint density at radius 3 is 1.23 bits per heavy atom. The average Bonchev–Trinajstić information content (AvgIpc) is 2.39. The van der Waals surface area contributed by atoms with E-state index in [2.05, 4.69) is 36.3 Å². The van der Waals surface area contributed by atoms with Gasteiger partial charge in [-0.1, -0.05) is 25.5 Å². The lowest BCUT2D eigenvalue weighted by Crippen LogP contribution is -2.19. The smallest absolute Gasteiger partial charge is 0.374 e. The molecule has 0 saturated heterocycles. The van der Waals surface area contributed by atoms with Crippen molar-refractivity contribution in [1.82, 2.24) is 4.90 Å². The normalized spacial score (nSPS) is 13.3. The SMILES string of the molecule is CCCCN1C=CC=CC1.O=P(O)(O)F.O=P(O)(O)F.O=P(O)(O)F.O=P(O)(O)F. The maximum atomic E-state index is 10.4. The van der Waals surface area contributed by atoms with Crippen LogP contribution in [0.3, 0.4) is 0 Å². The highest BCUT2D eigenvalue weighted by molar-refractivity contribution is 7.46. The van der Waals surface area contributed by atoms with Crippen LogP contribution in [0.4, 0.5) is 16.8 Å². The highest BCUT2D eigenvalue weighted by atomic mass is 31.2. The largest absolute Gasteiger partial charge is 0.507 e. The van der Waals surface area contributed by atoms with Crippen molar-refractivity contribution in [1.29, 1.82) is 0 Å². The van der Waals surface area contributed by atoms with Gasteiger partial charge in [-0.3, -0.25) is 39.1 Å². The van der Waals surface area contributed by atoms with Crippen LogP contribution < -0.4 is 0 Å². The average molecular weight is 537 g/mol. The zero-order valence-electron chi connectivity index (χ0n) is 15.1. The van der Waals surface area contributed by atoms with Gasteiger partial charge in [0.2, 0.25) is 0 Å². The first-order chi connectivity index (χ1) is 12.9. The van der Waals surface area contributed by atoms with Crippen LogP contribution in [0, 0.1) is 0 Å². The molecule has 1 rings (SSSR count). The third-order valence-electron chi connectivity index (χ3n) is 1.68. The Balaban J connectivity index is -0.000000148. The van der Waals surface area contributed by atoms with Crippen molar-refractivity contribution in [3.05, 3.63) is 24.4 Å². The molecule has 1 aliphatic heterocycles. The van der Waals surface area contributed by atoms with Crippen molar-refractivity contribution in [2.75, 3.05) is 13.1 Å². The van der Waals surface area contributed by atoms with Gasteiger partial charge in [0, 0.05) is 13.1 Å². The summed E-state index contributed by atoms with van der Waals surface area (Å²) in [5.74, 6) is 0. The summed E-state index contributed by atoms with van der Waals surface area (Å²) in [5, 5.41) is 0. The molecule has 30 heavy (non-hydrogen) atoms. The van der Waals surface area contributed by atoms with Crippen LogP contribution in [0.5, 0.6) is 0 Å². The minimum Gasteiger partial charge on any atom is -0.374 e. The molecule has 0 saturated carbocycles. The molecule has 8 N–H and O–H groups in total.